The Hall–Kier alpha value is -1.72. The highest BCUT2D eigenvalue weighted by Crippen LogP contribution is 2.13. The van der Waals surface area contributed by atoms with E-state index in [-0.39, 0.29) is 6.10 Å². The number of piperidine rings is 1. The Bertz CT molecular complexity index is 533. The molecule has 0 atom stereocenters. The Morgan fingerprint density at radius 3 is 2.70 bits per heavy atom. The topological polar surface area (TPSA) is 62.4 Å². The van der Waals surface area contributed by atoms with Crippen LogP contribution in [0.3, 0.4) is 0 Å². The Balaban J connectivity index is 1.57. The molecule has 2 aromatic rings. The quantitative estimate of drug-likeness (QED) is 0.917. The van der Waals surface area contributed by atoms with E-state index in [4.69, 9.17) is 4.52 Å². The zero-order valence-corrected chi connectivity index (χ0v) is 11.4. The van der Waals surface area contributed by atoms with Crippen LogP contribution >= 0.6 is 0 Å². The van der Waals surface area contributed by atoms with Gasteiger partial charge >= 0.3 is 0 Å². The van der Waals surface area contributed by atoms with E-state index in [1.807, 2.05) is 18.2 Å². The molecule has 0 amide bonds. The van der Waals surface area contributed by atoms with Gasteiger partial charge in [0.1, 0.15) is 0 Å². The molecule has 1 saturated heterocycles. The standard InChI is InChI=1S/C15H19N3O2/c19-13-6-8-18(9-7-13)11-15-16-14(17-20-15)10-12-4-2-1-3-5-12/h1-5,13,19H,6-11H2. The van der Waals surface area contributed by atoms with Gasteiger partial charge in [0.05, 0.1) is 12.6 Å². The van der Waals surface area contributed by atoms with Crippen LogP contribution in [0.15, 0.2) is 34.9 Å². The first kappa shape index (κ1) is 13.3. The lowest BCUT2D eigenvalue weighted by Crippen LogP contribution is -2.35. The molecule has 0 bridgehead atoms. The molecule has 0 saturated carbocycles. The fraction of sp³-hybridized carbons (Fsp3) is 0.467. The predicted octanol–water partition coefficient (Wildman–Crippen LogP) is 1.62. The number of aromatic nitrogens is 2. The van der Waals surface area contributed by atoms with Crippen molar-refractivity contribution in [2.45, 2.75) is 31.9 Å². The molecule has 3 rings (SSSR count). The summed E-state index contributed by atoms with van der Waals surface area (Å²) in [5.74, 6) is 1.38. The van der Waals surface area contributed by atoms with Gasteiger partial charge in [-0.25, -0.2) is 0 Å². The van der Waals surface area contributed by atoms with E-state index < -0.39 is 0 Å². The van der Waals surface area contributed by atoms with Gasteiger partial charge in [-0.15, -0.1) is 0 Å². The molecule has 0 radical (unpaired) electrons. The molecule has 106 valence electrons. The molecule has 1 N–H and O–H groups in total. The van der Waals surface area contributed by atoms with E-state index in [2.05, 4.69) is 27.2 Å². The molecule has 0 unspecified atom stereocenters. The number of hydrogen-bond donors (Lipinski definition) is 1. The first-order valence-corrected chi connectivity index (χ1v) is 7.05. The van der Waals surface area contributed by atoms with Gasteiger partial charge in [-0.05, 0) is 18.4 Å². The van der Waals surface area contributed by atoms with Gasteiger partial charge in [0.25, 0.3) is 0 Å². The molecule has 2 heterocycles. The van der Waals surface area contributed by atoms with Gasteiger partial charge in [0.15, 0.2) is 5.82 Å². The molecule has 1 aliphatic heterocycles. The SMILES string of the molecule is OC1CCN(Cc2nc(Cc3ccccc3)no2)CC1. The Morgan fingerprint density at radius 1 is 1.20 bits per heavy atom. The third kappa shape index (κ3) is 3.43. The third-order valence-corrected chi connectivity index (χ3v) is 3.63. The Labute approximate surface area is 118 Å². The summed E-state index contributed by atoms with van der Waals surface area (Å²) in [6, 6.07) is 10.1. The second-order valence-electron chi connectivity index (χ2n) is 5.27. The molecule has 0 spiro atoms. The van der Waals surface area contributed by atoms with Crippen molar-refractivity contribution in [3.8, 4) is 0 Å². The number of nitrogens with zero attached hydrogens (tertiary/aromatic N) is 3. The van der Waals surface area contributed by atoms with Gasteiger partial charge in [-0.1, -0.05) is 35.5 Å². The smallest absolute Gasteiger partial charge is 0.240 e. The summed E-state index contributed by atoms with van der Waals surface area (Å²) in [5.41, 5.74) is 1.18. The maximum absolute atomic E-state index is 9.48. The lowest BCUT2D eigenvalue weighted by Gasteiger charge is -2.27. The van der Waals surface area contributed by atoms with Gasteiger partial charge in [-0.2, -0.15) is 4.98 Å². The number of hydrogen-bond acceptors (Lipinski definition) is 5. The highest BCUT2D eigenvalue weighted by Gasteiger charge is 2.19. The highest BCUT2D eigenvalue weighted by atomic mass is 16.5. The van der Waals surface area contributed by atoms with Crippen molar-refractivity contribution < 1.29 is 9.63 Å². The molecular weight excluding hydrogens is 254 g/mol. The zero-order valence-electron chi connectivity index (χ0n) is 11.4. The van der Waals surface area contributed by atoms with Crippen molar-refractivity contribution in [3.05, 3.63) is 47.6 Å². The van der Waals surface area contributed by atoms with Crippen LogP contribution in [0, 0.1) is 0 Å². The Morgan fingerprint density at radius 2 is 1.95 bits per heavy atom. The fourth-order valence-corrected chi connectivity index (χ4v) is 2.47. The van der Waals surface area contributed by atoms with Crippen molar-refractivity contribution in [3.63, 3.8) is 0 Å². The first-order valence-electron chi connectivity index (χ1n) is 7.05. The van der Waals surface area contributed by atoms with Crippen molar-refractivity contribution in [1.29, 1.82) is 0 Å². The summed E-state index contributed by atoms with van der Waals surface area (Å²) in [6.07, 6.45) is 2.20. The predicted molar refractivity (Wildman–Crippen MR) is 74.1 cm³/mol. The second-order valence-corrected chi connectivity index (χ2v) is 5.27. The van der Waals surface area contributed by atoms with Crippen molar-refractivity contribution >= 4 is 0 Å². The highest BCUT2D eigenvalue weighted by molar-refractivity contribution is 5.18. The number of benzene rings is 1. The summed E-state index contributed by atoms with van der Waals surface area (Å²) < 4.78 is 5.30. The lowest BCUT2D eigenvalue weighted by atomic mass is 10.1. The van der Waals surface area contributed by atoms with Crippen LogP contribution in [0.2, 0.25) is 0 Å². The minimum Gasteiger partial charge on any atom is -0.393 e. The summed E-state index contributed by atoms with van der Waals surface area (Å²) in [7, 11) is 0. The van der Waals surface area contributed by atoms with E-state index in [0.29, 0.717) is 18.9 Å². The van der Waals surface area contributed by atoms with Gasteiger partial charge < -0.3 is 9.63 Å². The molecule has 1 aromatic carbocycles. The molecule has 1 aliphatic rings. The number of likely N-dealkylation sites (tertiary alicyclic amines) is 1. The summed E-state index contributed by atoms with van der Waals surface area (Å²) >= 11 is 0. The zero-order chi connectivity index (χ0) is 13.8. The molecule has 1 fully saturated rings. The van der Waals surface area contributed by atoms with E-state index in [0.717, 1.165) is 31.8 Å². The number of aliphatic hydroxyl groups excluding tert-OH is 1. The number of aliphatic hydroxyl groups is 1. The van der Waals surface area contributed by atoms with Crippen LogP contribution in [0.1, 0.15) is 30.1 Å². The van der Waals surface area contributed by atoms with Gasteiger partial charge in [0, 0.05) is 19.5 Å². The molecule has 0 aliphatic carbocycles. The van der Waals surface area contributed by atoms with Crippen molar-refractivity contribution in [1.82, 2.24) is 15.0 Å². The molecule has 5 nitrogen and oxygen atoms in total. The van der Waals surface area contributed by atoms with Gasteiger partial charge in [-0.3, -0.25) is 4.90 Å². The van der Waals surface area contributed by atoms with E-state index in [1.165, 1.54) is 5.56 Å². The molecular formula is C15H19N3O2. The maximum Gasteiger partial charge on any atom is 0.240 e. The van der Waals surface area contributed by atoms with E-state index >= 15 is 0 Å². The fourth-order valence-electron chi connectivity index (χ4n) is 2.47. The normalized spacial score (nSPS) is 17.4. The van der Waals surface area contributed by atoms with Crippen LogP contribution in [0.4, 0.5) is 0 Å². The minimum absolute atomic E-state index is 0.150. The van der Waals surface area contributed by atoms with E-state index in [9.17, 15) is 5.11 Å². The molecule has 1 aromatic heterocycles. The average molecular weight is 273 g/mol. The number of rotatable bonds is 4. The van der Waals surface area contributed by atoms with Crippen LogP contribution in [0.5, 0.6) is 0 Å². The van der Waals surface area contributed by atoms with Crippen LogP contribution in [0.25, 0.3) is 0 Å². The Kier molecular flexibility index (Phi) is 4.08. The first-order chi connectivity index (χ1) is 9.79. The molecule has 20 heavy (non-hydrogen) atoms. The minimum atomic E-state index is -0.150. The molecule has 5 heteroatoms. The van der Waals surface area contributed by atoms with Crippen LogP contribution in [-0.4, -0.2) is 39.3 Å². The van der Waals surface area contributed by atoms with Crippen LogP contribution < -0.4 is 0 Å². The summed E-state index contributed by atoms with van der Waals surface area (Å²) in [5, 5.41) is 13.5. The van der Waals surface area contributed by atoms with Gasteiger partial charge in [0.2, 0.25) is 5.89 Å². The van der Waals surface area contributed by atoms with Crippen LogP contribution in [-0.2, 0) is 13.0 Å². The maximum atomic E-state index is 9.48. The van der Waals surface area contributed by atoms with E-state index in [1.54, 1.807) is 0 Å². The second kappa shape index (κ2) is 6.15. The lowest BCUT2D eigenvalue weighted by molar-refractivity contribution is 0.0740. The third-order valence-electron chi connectivity index (χ3n) is 3.63. The summed E-state index contributed by atoms with van der Waals surface area (Å²) in [6.45, 7) is 2.45. The largest absolute Gasteiger partial charge is 0.393 e. The average Bonchev–Trinajstić information content (AvgIpc) is 2.90. The summed E-state index contributed by atoms with van der Waals surface area (Å²) in [4.78, 5) is 6.68. The monoisotopic (exact) mass is 273 g/mol. The van der Waals surface area contributed by atoms with Crippen molar-refractivity contribution in [2.24, 2.45) is 0 Å². The van der Waals surface area contributed by atoms with Crippen molar-refractivity contribution in [2.75, 3.05) is 13.1 Å².